The van der Waals surface area contributed by atoms with Crippen molar-refractivity contribution in [2.75, 3.05) is 6.26 Å². The zero-order valence-electron chi connectivity index (χ0n) is 7.33. The molecule has 0 aromatic heterocycles. The summed E-state index contributed by atoms with van der Waals surface area (Å²) in [6.45, 7) is 0. The maximum atomic E-state index is 13.2. The van der Waals surface area contributed by atoms with Crippen molar-refractivity contribution in [1.82, 2.24) is 0 Å². The van der Waals surface area contributed by atoms with Crippen LogP contribution in [-0.4, -0.2) is 14.7 Å². The second-order valence-corrected chi connectivity index (χ2v) is 4.82. The van der Waals surface area contributed by atoms with Crippen molar-refractivity contribution in [1.29, 1.82) is 0 Å². The van der Waals surface area contributed by atoms with Crippen molar-refractivity contribution in [3.63, 3.8) is 0 Å². The van der Waals surface area contributed by atoms with E-state index in [2.05, 4.69) is 0 Å². The Morgan fingerprint density at radius 3 is 2.31 bits per heavy atom. The standard InChI is InChI=1S/C9H11FO2S/c1-13(11,12)9-7-5-3-2-4-6-8(9)10/h2-3,6-7H,4-5H2,1H3/b3-2?,8-6+,9-7+. The summed E-state index contributed by atoms with van der Waals surface area (Å²) < 4.78 is 35.3. The highest BCUT2D eigenvalue weighted by Gasteiger charge is 2.15. The quantitative estimate of drug-likeness (QED) is 0.610. The van der Waals surface area contributed by atoms with E-state index >= 15 is 0 Å². The molecule has 0 spiro atoms. The van der Waals surface area contributed by atoms with Gasteiger partial charge in [-0.05, 0) is 18.9 Å². The Hall–Kier alpha value is -0.900. The molecule has 0 amide bonds. The van der Waals surface area contributed by atoms with Gasteiger partial charge in [0.15, 0.2) is 9.84 Å². The molecule has 0 N–H and O–H groups in total. The summed E-state index contributed by atoms with van der Waals surface area (Å²) in [6.07, 6.45) is 8.18. The van der Waals surface area contributed by atoms with E-state index in [1.807, 2.05) is 6.08 Å². The van der Waals surface area contributed by atoms with E-state index in [0.29, 0.717) is 12.8 Å². The van der Waals surface area contributed by atoms with Crippen LogP contribution in [0.2, 0.25) is 0 Å². The normalized spacial score (nSPS) is 26.6. The molecule has 0 radical (unpaired) electrons. The van der Waals surface area contributed by atoms with Crippen LogP contribution in [0.15, 0.2) is 35.0 Å². The maximum Gasteiger partial charge on any atom is 0.178 e. The Morgan fingerprint density at radius 2 is 1.77 bits per heavy atom. The molecule has 0 heterocycles. The predicted octanol–water partition coefficient (Wildman–Crippen LogP) is 2.12. The molecule has 13 heavy (non-hydrogen) atoms. The van der Waals surface area contributed by atoms with Crippen LogP contribution in [0.25, 0.3) is 0 Å². The molecule has 72 valence electrons. The Bertz CT molecular complexity index is 374. The Morgan fingerprint density at radius 1 is 1.23 bits per heavy atom. The summed E-state index contributed by atoms with van der Waals surface area (Å²) in [7, 11) is -3.43. The van der Waals surface area contributed by atoms with Gasteiger partial charge >= 0.3 is 0 Å². The third-order valence-corrected chi connectivity index (χ3v) is 2.83. The molecule has 0 aliphatic heterocycles. The van der Waals surface area contributed by atoms with Crippen molar-refractivity contribution in [2.24, 2.45) is 0 Å². The number of allylic oxidation sites excluding steroid dienone is 5. The second-order valence-electron chi connectivity index (χ2n) is 2.84. The minimum atomic E-state index is -3.43. The number of hydrogen-bond acceptors (Lipinski definition) is 2. The fourth-order valence-corrected chi connectivity index (χ4v) is 1.90. The van der Waals surface area contributed by atoms with E-state index < -0.39 is 15.7 Å². The van der Waals surface area contributed by atoms with Crippen molar-refractivity contribution in [2.45, 2.75) is 12.8 Å². The van der Waals surface area contributed by atoms with Crippen LogP contribution < -0.4 is 0 Å². The third-order valence-electron chi connectivity index (χ3n) is 1.67. The first-order valence-corrected chi connectivity index (χ1v) is 5.82. The van der Waals surface area contributed by atoms with E-state index in [9.17, 15) is 12.8 Å². The van der Waals surface area contributed by atoms with Gasteiger partial charge in [-0.15, -0.1) is 0 Å². The van der Waals surface area contributed by atoms with Crippen LogP contribution in [0, 0.1) is 0 Å². The van der Waals surface area contributed by atoms with Crippen molar-refractivity contribution < 1.29 is 12.8 Å². The van der Waals surface area contributed by atoms with E-state index in [1.54, 1.807) is 6.08 Å². The average Bonchev–Trinajstić information content (AvgIpc) is 1.94. The smallest absolute Gasteiger partial charge is 0.178 e. The summed E-state index contributed by atoms with van der Waals surface area (Å²) in [5.74, 6) is -0.646. The molecule has 0 saturated carbocycles. The Labute approximate surface area is 77.4 Å². The molecule has 0 aromatic carbocycles. The molecule has 4 heteroatoms. The van der Waals surface area contributed by atoms with Crippen LogP contribution in [-0.2, 0) is 9.84 Å². The lowest BCUT2D eigenvalue weighted by Gasteiger charge is -2.03. The molecule has 1 aliphatic rings. The molecular formula is C9H11FO2S. The number of sulfone groups is 1. The number of hydrogen-bond donors (Lipinski definition) is 0. The monoisotopic (exact) mass is 202 g/mol. The largest absolute Gasteiger partial charge is 0.224 e. The molecule has 0 atom stereocenters. The van der Waals surface area contributed by atoms with E-state index in [-0.39, 0.29) is 4.91 Å². The molecule has 0 saturated heterocycles. The second kappa shape index (κ2) is 3.87. The van der Waals surface area contributed by atoms with Gasteiger partial charge < -0.3 is 0 Å². The molecule has 2 nitrogen and oxygen atoms in total. The van der Waals surface area contributed by atoms with Crippen LogP contribution in [0.4, 0.5) is 4.39 Å². The lowest BCUT2D eigenvalue weighted by molar-refractivity contribution is 0.599. The van der Waals surface area contributed by atoms with Gasteiger partial charge in [-0.25, -0.2) is 12.8 Å². The summed E-state index contributed by atoms with van der Waals surface area (Å²) in [6, 6.07) is 0. The summed E-state index contributed by atoms with van der Waals surface area (Å²) >= 11 is 0. The highest BCUT2D eigenvalue weighted by molar-refractivity contribution is 7.94. The van der Waals surface area contributed by atoms with Gasteiger partial charge in [0.05, 0.1) is 4.91 Å². The molecule has 0 aromatic rings. The van der Waals surface area contributed by atoms with E-state index in [0.717, 1.165) is 6.26 Å². The van der Waals surface area contributed by atoms with Gasteiger partial charge in [-0.2, -0.15) is 0 Å². The van der Waals surface area contributed by atoms with Gasteiger partial charge in [-0.1, -0.05) is 18.2 Å². The van der Waals surface area contributed by atoms with Gasteiger partial charge in [0.1, 0.15) is 5.83 Å². The lowest BCUT2D eigenvalue weighted by Crippen LogP contribution is -2.02. The first kappa shape index (κ1) is 10.2. The number of rotatable bonds is 1. The SMILES string of the molecule is CS(=O)(=O)C1=C/CC=CC/C=C\1F. The topological polar surface area (TPSA) is 34.1 Å². The van der Waals surface area contributed by atoms with Gasteiger partial charge in [0, 0.05) is 6.26 Å². The lowest BCUT2D eigenvalue weighted by atomic mass is 10.2. The fraction of sp³-hybridized carbons (Fsp3) is 0.333. The van der Waals surface area contributed by atoms with Gasteiger partial charge in [0.25, 0.3) is 0 Å². The van der Waals surface area contributed by atoms with Gasteiger partial charge in [-0.3, -0.25) is 0 Å². The third kappa shape index (κ3) is 2.81. The zero-order valence-corrected chi connectivity index (χ0v) is 8.14. The van der Waals surface area contributed by atoms with E-state index in [1.165, 1.54) is 12.2 Å². The molecule has 0 bridgehead atoms. The van der Waals surface area contributed by atoms with Crippen molar-refractivity contribution in [3.8, 4) is 0 Å². The molecule has 0 unspecified atom stereocenters. The van der Waals surface area contributed by atoms with Crippen molar-refractivity contribution >= 4 is 9.84 Å². The van der Waals surface area contributed by atoms with Crippen LogP contribution >= 0.6 is 0 Å². The minimum Gasteiger partial charge on any atom is -0.224 e. The summed E-state index contributed by atoms with van der Waals surface area (Å²) in [5, 5.41) is 0. The molecular weight excluding hydrogens is 191 g/mol. The first-order valence-electron chi connectivity index (χ1n) is 3.93. The minimum absolute atomic E-state index is 0.197. The number of halogens is 1. The molecule has 1 aliphatic carbocycles. The zero-order chi connectivity index (χ0) is 9.90. The summed E-state index contributed by atoms with van der Waals surface area (Å²) in [4.78, 5) is -0.197. The highest BCUT2D eigenvalue weighted by Crippen LogP contribution is 2.20. The maximum absolute atomic E-state index is 13.2. The van der Waals surface area contributed by atoms with Crippen LogP contribution in [0.3, 0.4) is 0 Å². The molecule has 0 fully saturated rings. The Balaban J connectivity index is 3.13. The highest BCUT2D eigenvalue weighted by atomic mass is 32.2. The fourth-order valence-electron chi connectivity index (χ4n) is 1.07. The van der Waals surface area contributed by atoms with E-state index in [4.69, 9.17) is 0 Å². The predicted molar refractivity (Wildman–Crippen MR) is 50.5 cm³/mol. The van der Waals surface area contributed by atoms with Crippen molar-refractivity contribution in [3.05, 3.63) is 35.0 Å². The summed E-state index contributed by atoms with van der Waals surface area (Å²) in [5.41, 5.74) is 0. The average molecular weight is 202 g/mol. The van der Waals surface area contributed by atoms with Crippen LogP contribution in [0.5, 0.6) is 0 Å². The Kier molecular flexibility index (Phi) is 3.03. The first-order chi connectivity index (χ1) is 6.02. The van der Waals surface area contributed by atoms with Crippen LogP contribution in [0.1, 0.15) is 12.8 Å². The molecule has 1 rings (SSSR count). The van der Waals surface area contributed by atoms with Gasteiger partial charge in [0.2, 0.25) is 0 Å².